The van der Waals surface area contributed by atoms with Gasteiger partial charge in [-0.15, -0.1) is 0 Å². The van der Waals surface area contributed by atoms with Gasteiger partial charge in [0.05, 0.1) is 6.61 Å². The van der Waals surface area contributed by atoms with E-state index in [1.54, 1.807) is 0 Å². The van der Waals surface area contributed by atoms with Gasteiger partial charge in [-0.25, -0.2) is 0 Å². The zero-order chi connectivity index (χ0) is 12.7. The molecule has 0 aliphatic heterocycles. The van der Waals surface area contributed by atoms with Crippen LogP contribution in [-0.4, -0.2) is 41.4 Å². The van der Waals surface area contributed by atoms with Crippen molar-refractivity contribution in [2.45, 2.75) is 18.5 Å². The normalized spacial score (nSPS) is 14.2. The predicted octanol–water partition coefficient (Wildman–Crippen LogP) is -0.408. The van der Waals surface area contributed by atoms with Crippen LogP contribution in [0.25, 0.3) is 0 Å². The van der Waals surface area contributed by atoms with Gasteiger partial charge in [-0.05, 0) is 12.0 Å². The van der Waals surface area contributed by atoms with Gasteiger partial charge in [0.1, 0.15) is 6.04 Å². The van der Waals surface area contributed by atoms with E-state index >= 15 is 0 Å². The minimum Gasteiger partial charge on any atom is -0.480 e. The molecule has 0 heterocycles. The van der Waals surface area contributed by atoms with E-state index in [9.17, 15) is 9.90 Å². The molecule has 5 nitrogen and oxygen atoms in total. The molecule has 0 amide bonds. The Kier molecular flexibility index (Phi) is 5.62. The molecule has 0 aliphatic rings. The van der Waals surface area contributed by atoms with Gasteiger partial charge in [-0.2, -0.15) is 0 Å². The quantitative estimate of drug-likeness (QED) is 0.518. The molecule has 0 saturated heterocycles. The molecule has 2 atom stereocenters. The first-order valence-corrected chi connectivity index (χ1v) is 5.50. The molecule has 1 aromatic rings. The Morgan fingerprint density at radius 3 is 2.53 bits per heavy atom. The van der Waals surface area contributed by atoms with Gasteiger partial charge in [0.2, 0.25) is 0 Å². The molecule has 17 heavy (non-hydrogen) atoms. The molecular weight excluding hydrogens is 220 g/mol. The van der Waals surface area contributed by atoms with Crippen LogP contribution < -0.4 is 11.1 Å². The smallest absolute Gasteiger partial charge is 0.321 e. The van der Waals surface area contributed by atoms with E-state index < -0.39 is 12.0 Å². The standard InChI is InChI=1S/C12H18N2O3/c13-11(12(16)17)7-14-10(8-15)6-9-4-2-1-3-5-9/h1-5,10-11,14-15H,6-8,13H2,(H,16,17). The highest BCUT2D eigenvalue weighted by atomic mass is 16.4. The number of aliphatic hydroxyl groups is 1. The molecule has 0 fully saturated rings. The predicted molar refractivity (Wildman–Crippen MR) is 64.6 cm³/mol. The van der Waals surface area contributed by atoms with Crippen LogP contribution in [0.3, 0.4) is 0 Å². The average Bonchev–Trinajstić information content (AvgIpc) is 2.35. The maximum absolute atomic E-state index is 10.5. The zero-order valence-electron chi connectivity index (χ0n) is 9.54. The van der Waals surface area contributed by atoms with Crippen molar-refractivity contribution in [1.29, 1.82) is 0 Å². The monoisotopic (exact) mass is 238 g/mol. The number of carbonyl (C=O) groups is 1. The Morgan fingerprint density at radius 2 is 2.00 bits per heavy atom. The van der Waals surface area contributed by atoms with Crippen molar-refractivity contribution in [2.75, 3.05) is 13.2 Å². The van der Waals surface area contributed by atoms with E-state index in [1.807, 2.05) is 30.3 Å². The van der Waals surface area contributed by atoms with E-state index in [2.05, 4.69) is 5.32 Å². The Balaban J connectivity index is 2.41. The average molecular weight is 238 g/mol. The number of nitrogens with one attached hydrogen (secondary N) is 1. The third-order valence-electron chi connectivity index (χ3n) is 2.49. The van der Waals surface area contributed by atoms with E-state index in [0.29, 0.717) is 6.42 Å². The lowest BCUT2D eigenvalue weighted by atomic mass is 10.1. The number of rotatable bonds is 7. The van der Waals surface area contributed by atoms with Crippen molar-refractivity contribution in [3.05, 3.63) is 35.9 Å². The van der Waals surface area contributed by atoms with Crippen molar-refractivity contribution in [3.63, 3.8) is 0 Å². The number of aliphatic carboxylic acids is 1. The minimum absolute atomic E-state index is 0.0543. The molecule has 0 saturated carbocycles. The van der Waals surface area contributed by atoms with Crippen molar-refractivity contribution in [3.8, 4) is 0 Å². The number of hydrogen-bond donors (Lipinski definition) is 4. The molecule has 0 aliphatic carbocycles. The minimum atomic E-state index is -1.05. The first-order valence-electron chi connectivity index (χ1n) is 5.50. The summed E-state index contributed by atoms with van der Waals surface area (Å²) in [7, 11) is 0. The Bertz CT molecular complexity index is 343. The summed E-state index contributed by atoms with van der Waals surface area (Å²) < 4.78 is 0. The fourth-order valence-electron chi connectivity index (χ4n) is 1.48. The van der Waals surface area contributed by atoms with Crippen molar-refractivity contribution < 1.29 is 15.0 Å². The summed E-state index contributed by atoms with van der Waals surface area (Å²) in [6.45, 7) is 0.0919. The first kappa shape index (κ1) is 13.6. The summed E-state index contributed by atoms with van der Waals surface area (Å²) in [5.41, 5.74) is 6.46. The third-order valence-corrected chi connectivity index (χ3v) is 2.49. The van der Waals surface area contributed by atoms with Gasteiger partial charge in [0, 0.05) is 12.6 Å². The zero-order valence-corrected chi connectivity index (χ0v) is 9.54. The summed E-state index contributed by atoms with van der Waals surface area (Å²) in [5, 5.41) is 20.8. The number of carboxylic acids is 1. The maximum Gasteiger partial charge on any atom is 0.321 e. The van der Waals surface area contributed by atoms with Crippen LogP contribution in [0.15, 0.2) is 30.3 Å². The molecule has 1 rings (SSSR count). The van der Waals surface area contributed by atoms with E-state index in [-0.39, 0.29) is 19.2 Å². The van der Waals surface area contributed by atoms with Crippen LogP contribution in [0.4, 0.5) is 0 Å². The lowest BCUT2D eigenvalue weighted by molar-refractivity contribution is -0.138. The molecule has 0 spiro atoms. The van der Waals surface area contributed by atoms with Crippen LogP contribution in [-0.2, 0) is 11.2 Å². The van der Waals surface area contributed by atoms with E-state index in [4.69, 9.17) is 10.8 Å². The molecule has 2 unspecified atom stereocenters. The molecule has 5 N–H and O–H groups in total. The Labute approximate surface area is 100 Å². The van der Waals surface area contributed by atoms with Crippen LogP contribution in [0.1, 0.15) is 5.56 Å². The van der Waals surface area contributed by atoms with Gasteiger partial charge in [-0.1, -0.05) is 30.3 Å². The largest absolute Gasteiger partial charge is 0.480 e. The highest BCUT2D eigenvalue weighted by Crippen LogP contribution is 2.02. The van der Waals surface area contributed by atoms with Gasteiger partial charge >= 0.3 is 5.97 Å². The van der Waals surface area contributed by atoms with Crippen LogP contribution in [0, 0.1) is 0 Å². The highest BCUT2D eigenvalue weighted by Gasteiger charge is 2.14. The number of carboxylic acid groups (broad SMARTS) is 1. The van der Waals surface area contributed by atoms with Gasteiger partial charge < -0.3 is 21.3 Å². The summed E-state index contributed by atoms with van der Waals surface area (Å²) in [6.07, 6.45) is 0.643. The van der Waals surface area contributed by atoms with Crippen molar-refractivity contribution in [1.82, 2.24) is 5.32 Å². The van der Waals surface area contributed by atoms with Crippen molar-refractivity contribution in [2.24, 2.45) is 5.73 Å². The second-order valence-corrected chi connectivity index (χ2v) is 3.92. The van der Waals surface area contributed by atoms with E-state index in [0.717, 1.165) is 5.56 Å². The number of benzene rings is 1. The lowest BCUT2D eigenvalue weighted by Gasteiger charge is -2.17. The second-order valence-electron chi connectivity index (χ2n) is 3.92. The maximum atomic E-state index is 10.5. The fraction of sp³-hybridized carbons (Fsp3) is 0.417. The molecular formula is C12H18N2O3. The van der Waals surface area contributed by atoms with Gasteiger partial charge in [-0.3, -0.25) is 4.79 Å². The van der Waals surface area contributed by atoms with Crippen LogP contribution >= 0.6 is 0 Å². The summed E-state index contributed by atoms with van der Waals surface area (Å²) in [6, 6.07) is 8.57. The summed E-state index contributed by atoms with van der Waals surface area (Å²) in [5.74, 6) is -1.05. The van der Waals surface area contributed by atoms with Crippen LogP contribution in [0.5, 0.6) is 0 Å². The molecule has 94 valence electrons. The first-order chi connectivity index (χ1) is 8.13. The molecule has 0 bridgehead atoms. The lowest BCUT2D eigenvalue weighted by Crippen LogP contribution is -2.45. The van der Waals surface area contributed by atoms with Gasteiger partial charge in [0.15, 0.2) is 0 Å². The molecule has 1 aromatic carbocycles. The Hall–Kier alpha value is -1.43. The SMILES string of the molecule is NC(CNC(CO)Cc1ccccc1)C(=O)O. The second kappa shape index (κ2) is 7.01. The summed E-state index contributed by atoms with van der Waals surface area (Å²) >= 11 is 0. The number of hydrogen-bond acceptors (Lipinski definition) is 4. The van der Waals surface area contributed by atoms with Gasteiger partial charge in [0.25, 0.3) is 0 Å². The summed E-state index contributed by atoms with van der Waals surface area (Å²) in [4.78, 5) is 10.5. The molecule has 0 radical (unpaired) electrons. The van der Waals surface area contributed by atoms with Crippen LogP contribution in [0.2, 0.25) is 0 Å². The number of nitrogens with two attached hydrogens (primary N) is 1. The third kappa shape index (κ3) is 4.95. The fourth-order valence-corrected chi connectivity index (χ4v) is 1.48. The topological polar surface area (TPSA) is 95.6 Å². The molecule has 0 aromatic heterocycles. The number of aliphatic hydroxyl groups excluding tert-OH is 1. The van der Waals surface area contributed by atoms with E-state index in [1.165, 1.54) is 0 Å². The highest BCUT2D eigenvalue weighted by molar-refractivity contribution is 5.73. The molecule has 5 heteroatoms. The van der Waals surface area contributed by atoms with Crippen molar-refractivity contribution >= 4 is 5.97 Å². The Morgan fingerprint density at radius 1 is 1.35 bits per heavy atom.